The smallest absolute Gasteiger partial charge is 0.341 e. The van der Waals surface area contributed by atoms with E-state index in [4.69, 9.17) is 10.5 Å². The van der Waals surface area contributed by atoms with Gasteiger partial charge in [-0.25, -0.2) is 9.18 Å². The van der Waals surface area contributed by atoms with E-state index in [9.17, 15) is 9.18 Å². The van der Waals surface area contributed by atoms with Crippen LogP contribution >= 0.6 is 0 Å². The summed E-state index contributed by atoms with van der Waals surface area (Å²) >= 11 is 0. The van der Waals surface area contributed by atoms with Crippen LogP contribution in [0.1, 0.15) is 21.7 Å². The third-order valence-corrected chi connectivity index (χ3v) is 2.38. The molecule has 2 N–H and O–H groups in total. The van der Waals surface area contributed by atoms with Crippen molar-refractivity contribution in [2.75, 3.05) is 5.73 Å². The molecule has 0 aliphatic rings. The molecule has 7 nitrogen and oxygen atoms in total. The molecule has 0 radical (unpaired) electrons. The maximum atomic E-state index is 13.8. The van der Waals surface area contributed by atoms with Crippen molar-refractivity contribution in [3.8, 4) is 0 Å². The predicted molar refractivity (Wildman–Crippen MR) is 63.5 cm³/mol. The van der Waals surface area contributed by atoms with Crippen LogP contribution in [-0.4, -0.2) is 26.2 Å². The minimum Gasteiger partial charge on any atom is -0.454 e. The Morgan fingerprint density at radius 1 is 1.53 bits per heavy atom. The fraction of sp³-hybridized carbons (Fsp3) is 0.273. The van der Waals surface area contributed by atoms with Crippen LogP contribution in [0.2, 0.25) is 0 Å². The molecule has 100 valence electrons. The largest absolute Gasteiger partial charge is 0.454 e. The van der Waals surface area contributed by atoms with Crippen molar-refractivity contribution in [2.24, 2.45) is 7.05 Å². The quantitative estimate of drug-likeness (QED) is 0.644. The Hall–Kier alpha value is -2.51. The van der Waals surface area contributed by atoms with Gasteiger partial charge in [-0.05, 0) is 29.8 Å². The Morgan fingerprint density at radius 3 is 2.89 bits per heavy atom. The molecule has 0 saturated carbocycles. The van der Waals surface area contributed by atoms with Gasteiger partial charge in [0.15, 0.2) is 6.61 Å². The molecule has 2 rings (SSSR count). The van der Waals surface area contributed by atoms with Crippen LogP contribution in [0.5, 0.6) is 0 Å². The summed E-state index contributed by atoms with van der Waals surface area (Å²) in [7, 11) is 1.58. The molecule has 0 atom stereocenters. The number of aryl methyl sites for hydroxylation is 2. The van der Waals surface area contributed by atoms with E-state index < -0.39 is 11.8 Å². The normalized spacial score (nSPS) is 10.5. The molecule has 0 amide bonds. The number of benzene rings is 1. The Morgan fingerprint density at radius 2 is 2.26 bits per heavy atom. The lowest BCUT2D eigenvalue weighted by atomic mass is 10.1. The van der Waals surface area contributed by atoms with Crippen molar-refractivity contribution in [2.45, 2.75) is 13.5 Å². The molecule has 0 aliphatic heterocycles. The molecule has 1 aromatic heterocycles. The second-order valence-corrected chi connectivity index (χ2v) is 3.97. The van der Waals surface area contributed by atoms with Crippen LogP contribution in [0.25, 0.3) is 0 Å². The lowest BCUT2D eigenvalue weighted by molar-refractivity contribution is 0.0456. The van der Waals surface area contributed by atoms with Gasteiger partial charge < -0.3 is 10.5 Å². The zero-order chi connectivity index (χ0) is 14.0. The van der Waals surface area contributed by atoms with Gasteiger partial charge in [0.25, 0.3) is 0 Å². The molecule has 0 fully saturated rings. The Labute approximate surface area is 108 Å². The molecular formula is C11H12FN5O2. The monoisotopic (exact) mass is 265 g/mol. The highest BCUT2D eigenvalue weighted by molar-refractivity contribution is 5.91. The average Bonchev–Trinajstić information content (AvgIpc) is 2.76. The lowest BCUT2D eigenvalue weighted by Crippen LogP contribution is -2.10. The van der Waals surface area contributed by atoms with E-state index in [0.29, 0.717) is 5.69 Å². The van der Waals surface area contributed by atoms with Crippen LogP contribution in [0.3, 0.4) is 0 Å². The zero-order valence-electron chi connectivity index (χ0n) is 10.4. The first kappa shape index (κ1) is 12.9. The number of nitrogens with zero attached hydrogens (tertiary/aromatic N) is 4. The molecular weight excluding hydrogens is 253 g/mol. The average molecular weight is 265 g/mol. The molecule has 1 aromatic carbocycles. The van der Waals surface area contributed by atoms with Gasteiger partial charge in [0.2, 0.25) is 5.82 Å². The number of hydrogen-bond donors (Lipinski definition) is 1. The number of aromatic nitrogens is 4. The number of tetrazole rings is 1. The fourth-order valence-electron chi connectivity index (χ4n) is 1.53. The van der Waals surface area contributed by atoms with Gasteiger partial charge in [-0.2, -0.15) is 4.80 Å². The second kappa shape index (κ2) is 5.01. The van der Waals surface area contributed by atoms with Crippen molar-refractivity contribution in [3.05, 3.63) is 34.9 Å². The van der Waals surface area contributed by atoms with E-state index in [1.807, 2.05) is 0 Å². The van der Waals surface area contributed by atoms with Crippen LogP contribution in [-0.2, 0) is 18.4 Å². The number of halogens is 1. The van der Waals surface area contributed by atoms with Crippen molar-refractivity contribution >= 4 is 11.7 Å². The molecule has 0 spiro atoms. The number of esters is 1. The van der Waals surface area contributed by atoms with E-state index in [-0.39, 0.29) is 23.6 Å². The molecule has 0 unspecified atom stereocenters. The van der Waals surface area contributed by atoms with Crippen LogP contribution in [0.15, 0.2) is 12.1 Å². The molecule has 0 aliphatic carbocycles. The predicted octanol–water partition coefficient (Wildman–Crippen LogP) is 0.597. The summed E-state index contributed by atoms with van der Waals surface area (Å²) in [6.07, 6.45) is 0. The highest BCUT2D eigenvalue weighted by Crippen LogP contribution is 2.18. The number of nitrogens with two attached hydrogens (primary N) is 1. The van der Waals surface area contributed by atoms with Crippen molar-refractivity contribution in [1.82, 2.24) is 20.2 Å². The summed E-state index contributed by atoms with van der Waals surface area (Å²) in [5.41, 5.74) is 5.93. The van der Waals surface area contributed by atoms with E-state index in [0.717, 1.165) is 0 Å². The Bertz CT molecular complexity index is 626. The summed E-state index contributed by atoms with van der Waals surface area (Å²) in [5, 5.41) is 11.1. The number of carbonyl (C=O) groups is 1. The van der Waals surface area contributed by atoms with Gasteiger partial charge in [-0.1, -0.05) is 0 Å². The van der Waals surface area contributed by atoms with Gasteiger partial charge >= 0.3 is 5.97 Å². The summed E-state index contributed by atoms with van der Waals surface area (Å²) in [5.74, 6) is -1.23. The number of rotatable bonds is 3. The number of nitrogen functional groups attached to an aromatic ring is 1. The maximum Gasteiger partial charge on any atom is 0.341 e. The molecule has 19 heavy (non-hydrogen) atoms. The highest BCUT2D eigenvalue weighted by Gasteiger charge is 2.17. The molecule has 0 saturated heterocycles. The summed E-state index contributed by atoms with van der Waals surface area (Å²) in [6.45, 7) is 1.34. The number of carbonyl (C=O) groups excluding carboxylic acids is 1. The molecule has 1 heterocycles. The Balaban J connectivity index is 2.12. The van der Waals surface area contributed by atoms with Crippen LogP contribution < -0.4 is 5.73 Å². The fourth-order valence-corrected chi connectivity index (χ4v) is 1.53. The van der Waals surface area contributed by atoms with Crippen LogP contribution in [0.4, 0.5) is 10.1 Å². The Kier molecular flexibility index (Phi) is 3.41. The van der Waals surface area contributed by atoms with E-state index in [1.165, 1.54) is 23.9 Å². The minimum absolute atomic E-state index is 0.181. The molecule has 0 bridgehead atoms. The topological polar surface area (TPSA) is 95.9 Å². The van der Waals surface area contributed by atoms with Gasteiger partial charge in [-0.3, -0.25) is 0 Å². The first-order valence-electron chi connectivity index (χ1n) is 5.43. The molecule has 8 heteroatoms. The highest BCUT2D eigenvalue weighted by atomic mass is 19.1. The summed E-state index contributed by atoms with van der Waals surface area (Å²) < 4.78 is 18.7. The zero-order valence-corrected chi connectivity index (χ0v) is 10.4. The van der Waals surface area contributed by atoms with E-state index in [2.05, 4.69) is 15.4 Å². The summed E-state index contributed by atoms with van der Waals surface area (Å²) in [4.78, 5) is 13.0. The summed E-state index contributed by atoms with van der Waals surface area (Å²) in [6, 6.07) is 2.67. The maximum absolute atomic E-state index is 13.8. The lowest BCUT2D eigenvalue weighted by Gasteiger charge is -2.06. The van der Waals surface area contributed by atoms with E-state index in [1.54, 1.807) is 7.05 Å². The number of hydrogen-bond acceptors (Lipinski definition) is 6. The van der Waals surface area contributed by atoms with E-state index >= 15 is 0 Å². The first-order chi connectivity index (χ1) is 8.97. The van der Waals surface area contributed by atoms with Gasteiger partial charge in [0, 0.05) is 5.69 Å². The van der Waals surface area contributed by atoms with Crippen LogP contribution in [0, 0.1) is 12.7 Å². The first-order valence-corrected chi connectivity index (χ1v) is 5.43. The SMILES string of the molecule is Cc1cc(N)cc(C(=O)OCc2nnn(C)n2)c1F. The van der Waals surface area contributed by atoms with Gasteiger partial charge in [0.1, 0.15) is 5.82 Å². The second-order valence-electron chi connectivity index (χ2n) is 3.97. The number of anilines is 1. The van der Waals surface area contributed by atoms with Crippen molar-refractivity contribution in [1.29, 1.82) is 0 Å². The van der Waals surface area contributed by atoms with Crippen molar-refractivity contribution in [3.63, 3.8) is 0 Å². The van der Waals surface area contributed by atoms with Gasteiger partial charge in [-0.15, -0.1) is 10.2 Å². The van der Waals surface area contributed by atoms with Crippen molar-refractivity contribution < 1.29 is 13.9 Å². The minimum atomic E-state index is -0.819. The number of ether oxygens (including phenoxy) is 1. The van der Waals surface area contributed by atoms with Gasteiger partial charge in [0.05, 0.1) is 12.6 Å². The standard InChI is InChI=1S/C11H12FN5O2/c1-6-3-7(13)4-8(10(6)12)11(18)19-5-9-14-16-17(2)15-9/h3-4H,5,13H2,1-2H3. The third kappa shape index (κ3) is 2.84. The third-order valence-electron chi connectivity index (χ3n) is 2.38. The molecule has 2 aromatic rings.